The molecular weight excluding hydrogens is 502 g/mol. The fraction of sp³-hybridized carbons (Fsp3) is 0.667. The van der Waals surface area contributed by atoms with Crippen LogP contribution < -0.4 is 5.73 Å². The largest absolute Gasteiger partial charge is 0.507 e. The van der Waals surface area contributed by atoms with Crippen molar-refractivity contribution >= 4 is 23.3 Å². The number of aliphatic hydroxyl groups is 3. The Balaban J connectivity index is 1.85. The Bertz CT molecular complexity index is 1270. The third-order valence-corrected chi connectivity index (χ3v) is 11.2. The van der Waals surface area contributed by atoms with Gasteiger partial charge in [-0.15, -0.1) is 0 Å². The van der Waals surface area contributed by atoms with Gasteiger partial charge in [-0.25, -0.2) is 0 Å². The van der Waals surface area contributed by atoms with Crippen LogP contribution in [0.1, 0.15) is 75.7 Å². The second-order valence-corrected chi connectivity index (χ2v) is 13.2. The monoisotopic (exact) mass is 541 g/mol. The molecule has 9 nitrogen and oxygen atoms in total. The number of aromatic hydroxyl groups is 1. The molecule has 0 bridgehead atoms. The molecule has 6 N–H and O–H groups in total. The number of benzene rings is 1. The quantitative estimate of drug-likeness (QED) is 0.350. The number of hydrogen-bond acceptors (Lipinski definition) is 8. The first-order chi connectivity index (χ1) is 18.1. The summed E-state index contributed by atoms with van der Waals surface area (Å²) in [4.78, 5) is 54.2. The van der Waals surface area contributed by atoms with Gasteiger partial charge in [0.2, 0.25) is 5.91 Å². The second-order valence-electron chi connectivity index (χ2n) is 13.2. The lowest BCUT2D eigenvalue weighted by Gasteiger charge is -2.71. The molecule has 39 heavy (non-hydrogen) atoms. The van der Waals surface area contributed by atoms with Crippen LogP contribution in [0.25, 0.3) is 0 Å². The van der Waals surface area contributed by atoms with Crippen molar-refractivity contribution < 1.29 is 39.6 Å². The van der Waals surface area contributed by atoms with E-state index in [4.69, 9.17) is 5.73 Å². The zero-order valence-electron chi connectivity index (χ0n) is 23.0. The molecule has 9 heteroatoms. The van der Waals surface area contributed by atoms with Crippen molar-refractivity contribution in [1.29, 1.82) is 0 Å². The van der Waals surface area contributed by atoms with Crippen molar-refractivity contribution in [3.8, 4) is 5.75 Å². The van der Waals surface area contributed by atoms with E-state index in [0.717, 1.165) is 12.8 Å². The van der Waals surface area contributed by atoms with E-state index in [9.17, 15) is 39.6 Å². The average Bonchev–Trinajstić information content (AvgIpc) is 3.68. The van der Waals surface area contributed by atoms with E-state index < -0.39 is 81.6 Å². The molecule has 212 valence electrons. The molecule has 3 fully saturated rings. The van der Waals surface area contributed by atoms with Gasteiger partial charge < -0.3 is 26.2 Å². The first kappa shape index (κ1) is 27.9. The maximum Gasteiger partial charge on any atom is 0.230 e. The van der Waals surface area contributed by atoms with Gasteiger partial charge in [0, 0.05) is 17.8 Å². The van der Waals surface area contributed by atoms with Gasteiger partial charge in [0.15, 0.2) is 17.2 Å². The van der Waals surface area contributed by atoms with Crippen LogP contribution in [0.3, 0.4) is 0 Å². The number of rotatable bonds is 5. The Hall–Kier alpha value is -2.62. The number of phenolic OH excluding ortho intramolecular Hbond substituents is 1. The second kappa shape index (κ2) is 8.69. The Morgan fingerprint density at radius 2 is 1.74 bits per heavy atom. The lowest BCUT2D eigenvalue weighted by molar-refractivity contribution is -0.292. The van der Waals surface area contributed by atoms with Crippen molar-refractivity contribution in [2.24, 2.45) is 52.1 Å². The summed E-state index contributed by atoms with van der Waals surface area (Å²) in [7, 11) is 0. The van der Waals surface area contributed by atoms with Crippen LogP contribution in [-0.2, 0) is 14.4 Å². The highest BCUT2D eigenvalue weighted by Gasteiger charge is 2.80. The Morgan fingerprint density at radius 3 is 2.28 bits per heavy atom. The highest BCUT2D eigenvalue weighted by Crippen LogP contribution is 2.71. The Kier molecular flexibility index (Phi) is 6.22. The molecule has 1 aromatic rings. The fourth-order valence-corrected chi connectivity index (χ4v) is 9.14. The molecular formula is C30H39NO8. The fourth-order valence-electron chi connectivity index (χ4n) is 9.14. The minimum absolute atomic E-state index is 0.0150. The number of ketones is 3. The van der Waals surface area contributed by atoms with E-state index in [1.807, 2.05) is 6.92 Å². The zero-order chi connectivity index (χ0) is 29.0. The van der Waals surface area contributed by atoms with Gasteiger partial charge >= 0.3 is 0 Å². The molecule has 1 amide bonds. The van der Waals surface area contributed by atoms with Crippen LogP contribution in [0.5, 0.6) is 5.75 Å². The van der Waals surface area contributed by atoms with Gasteiger partial charge in [-0.3, -0.25) is 19.2 Å². The van der Waals surface area contributed by atoms with E-state index in [1.54, 1.807) is 39.8 Å². The maximum absolute atomic E-state index is 14.2. The summed E-state index contributed by atoms with van der Waals surface area (Å²) in [5, 5.41) is 46.7. The van der Waals surface area contributed by atoms with Crippen molar-refractivity contribution in [3.05, 3.63) is 29.3 Å². The number of nitrogens with two attached hydrogens (primary N) is 1. The van der Waals surface area contributed by atoms with Gasteiger partial charge in [-0.2, -0.15) is 0 Å². The Morgan fingerprint density at radius 1 is 1.13 bits per heavy atom. The molecule has 0 aliphatic heterocycles. The van der Waals surface area contributed by atoms with Crippen LogP contribution in [0, 0.1) is 46.3 Å². The molecule has 5 unspecified atom stereocenters. The number of aliphatic hydroxyl groups excluding tert-OH is 2. The molecule has 0 saturated heterocycles. The minimum atomic E-state index is -2.67. The molecule has 0 aromatic heterocycles. The first-order valence-corrected chi connectivity index (χ1v) is 13.9. The molecule has 4 aliphatic rings. The topological polar surface area (TPSA) is 175 Å². The molecule has 0 heterocycles. The summed E-state index contributed by atoms with van der Waals surface area (Å²) in [6, 6.07) is 4.73. The molecule has 10 atom stereocenters. The lowest BCUT2D eigenvalue weighted by atomic mass is 9.33. The molecule has 3 saturated carbocycles. The van der Waals surface area contributed by atoms with Crippen molar-refractivity contribution in [2.45, 2.75) is 77.6 Å². The molecule has 4 aliphatic carbocycles. The van der Waals surface area contributed by atoms with E-state index >= 15 is 0 Å². The lowest BCUT2D eigenvalue weighted by Crippen LogP contribution is -2.82. The summed E-state index contributed by atoms with van der Waals surface area (Å²) in [5.74, 6) is -9.20. The highest BCUT2D eigenvalue weighted by molar-refractivity contribution is 6.09. The van der Waals surface area contributed by atoms with Gasteiger partial charge in [0.25, 0.3) is 0 Å². The predicted octanol–water partition coefficient (Wildman–Crippen LogP) is 1.73. The van der Waals surface area contributed by atoms with E-state index in [1.165, 1.54) is 6.07 Å². The normalized spacial score (nSPS) is 43.5. The number of carbonyl (C=O) groups excluding carboxylic acids is 4. The first-order valence-electron chi connectivity index (χ1n) is 13.9. The SMILES string of the molecule is CC(C)[C@H]1C(O)C(C(N)=O)C(=O)[C@]2(O)C(O)C3C(=O)c4c(O)cccc4[C@@H](C)[C@]3(C)C(CC(=O)C3CC3)[C@]12C. The van der Waals surface area contributed by atoms with Gasteiger partial charge in [0.1, 0.15) is 23.6 Å². The Labute approximate surface area is 227 Å². The number of Topliss-reactive ketones (excluding diaryl/α,β-unsaturated/α-hetero) is 3. The van der Waals surface area contributed by atoms with Crippen LogP contribution in [0.4, 0.5) is 0 Å². The maximum atomic E-state index is 14.2. The zero-order valence-corrected chi connectivity index (χ0v) is 23.0. The summed E-state index contributed by atoms with van der Waals surface area (Å²) in [5.41, 5.74) is 0.703. The molecule has 5 rings (SSSR count). The van der Waals surface area contributed by atoms with Crippen molar-refractivity contribution in [3.63, 3.8) is 0 Å². The number of carbonyl (C=O) groups is 4. The summed E-state index contributed by atoms with van der Waals surface area (Å²) in [6.07, 6.45) is -2.14. The third-order valence-electron chi connectivity index (χ3n) is 11.2. The van der Waals surface area contributed by atoms with Crippen molar-refractivity contribution in [2.75, 3.05) is 0 Å². The van der Waals surface area contributed by atoms with E-state index in [0.29, 0.717) is 5.56 Å². The predicted molar refractivity (Wildman–Crippen MR) is 139 cm³/mol. The molecule has 0 spiro atoms. The van der Waals surface area contributed by atoms with Crippen molar-refractivity contribution in [1.82, 2.24) is 0 Å². The van der Waals surface area contributed by atoms with Crippen LogP contribution in [-0.4, -0.2) is 61.5 Å². The number of primary amides is 1. The average molecular weight is 542 g/mol. The van der Waals surface area contributed by atoms with Gasteiger partial charge in [-0.1, -0.05) is 46.8 Å². The molecule has 1 aromatic carbocycles. The third kappa shape index (κ3) is 3.29. The number of hydrogen-bond donors (Lipinski definition) is 5. The summed E-state index contributed by atoms with van der Waals surface area (Å²) < 4.78 is 0. The summed E-state index contributed by atoms with van der Waals surface area (Å²) in [6.45, 7) is 8.86. The van der Waals surface area contributed by atoms with Crippen LogP contribution in [0.2, 0.25) is 0 Å². The van der Waals surface area contributed by atoms with Gasteiger partial charge in [-0.05, 0) is 53.6 Å². The van der Waals surface area contributed by atoms with Crippen LogP contribution in [0.15, 0.2) is 18.2 Å². The standard InChI is InChI=1S/C30H39NO8/c1-12(2)21-24(35)20(27(31)38)25(36)30(39)26(37)22-23(34)19-15(7-6-8-16(19)32)13(3)28(22,4)18(29(21,30)5)11-17(33)14-9-10-14/h6-8,12-14,18,20-22,24,26,32,35,37,39H,9-11H2,1-5H3,(H2,31,38)/t13-,18?,20?,21+,22?,24?,26?,28-,29-,30+/m1/s1. The number of amides is 1. The highest BCUT2D eigenvalue weighted by atomic mass is 16.4. The number of fused-ring (bicyclic) bond motifs is 3. The van der Waals surface area contributed by atoms with E-state index in [-0.39, 0.29) is 29.4 Å². The van der Waals surface area contributed by atoms with Crippen LogP contribution >= 0.6 is 0 Å². The minimum Gasteiger partial charge on any atom is -0.507 e. The number of phenols is 1. The smallest absolute Gasteiger partial charge is 0.230 e. The summed E-state index contributed by atoms with van der Waals surface area (Å²) >= 11 is 0. The van der Waals surface area contributed by atoms with E-state index in [2.05, 4.69) is 0 Å². The van der Waals surface area contributed by atoms with Gasteiger partial charge in [0.05, 0.1) is 17.6 Å². The molecule has 0 radical (unpaired) electrons.